The predicted octanol–water partition coefficient (Wildman–Crippen LogP) is 7.21. The molecule has 0 radical (unpaired) electrons. The van der Waals surface area contributed by atoms with Crippen LogP contribution in [-0.4, -0.2) is 74.0 Å². The largest absolute Gasteiger partial charge is 0.468 e. The summed E-state index contributed by atoms with van der Waals surface area (Å²) in [5.74, 6) is 1.36. The number of hydrogen-bond donors (Lipinski definition) is 0. The molecule has 1 aromatic heterocycles. The maximum Gasteiger partial charge on any atom is 0.192 e. The van der Waals surface area contributed by atoms with Crippen LogP contribution in [0.25, 0.3) is 0 Å². The molecule has 0 unspecified atom stereocenters. The number of epoxide rings is 1. The Balaban J connectivity index is 1.52. The second-order valence-electron chi connectivity index (χ2n) is 15.4. The zero-order valence-electron chi connectivity index (χ0n) is 27.5. The van der Waals surface area contributed by atoms with Crippen LogP contribution in [0, 0.1) is 11.8 Å². The molecule has 8 atom stereocenters. The maximum atomic E-state index is 13.1. The van der Waals surface area contributed by atoms with E-state index in [2.05, 4.69) is 79.7 Å². The highest BCUT2D eigenvalue weighted by molar-refractivity contribution is 6.70. The molecule has 3 aliphatic rings. The number of rotatable bonds is 12. The lowest BCUT2D eigenvalue weighted by atomic mass is 9.85. The van der Waals surface area contributed by atoms with Crippen molar-refractivity contribution in [3.63, 3.8) is 0 Å². The number of carbonyl (C=O) groups excluding carboxylic acids is 1. The van der Waals surface area contributed by atoms with Crippen molar-refractivity contribution in [2.45, 2.75) is 136 Å². The normalized spacial score (nSPS) is 31.7. The van der Waals surface area contributed by atoms with Crippen LogP contribution in [0.2, 0.25) is 58.9 Å². The third-order valence-electron chi connectivity index (χ3n) is 8.24. The number of ketones is 1. The van der Waals surface area contributed by atoms with Gasteiger partial charge in [0, 0.05) is 29.9 Å². The Morgan fingerprint density at radius 3 is 2.17 bits per heavy atom. The molecule has 2 aliphatic heterocycles. The Morgan fingerprint density at radius 1 is 0.951 bits per heavy atom. The van der Waals surface area contributed by atoms with Crippen LogP contribution in [-0.2, 0) is 29.2 Å². The molecule has 2 fully saturated rings. The Morgan fingerprint density at radius 2 is 1.59 bits per heavy atom. The highest BCUT2D eigenvalue weighted by atomic mass is 28.4. The van der Waals surface area contributed by atoms with Crippen LogP contribution in [0.4, 0.5) is 0 Å². The number of ether oxygens (including phenoxy) is 2. The standard InChI is InChI=1S/C31H54O7Si3/c1-19(24-17-25-23(28(24)32)13-14-33-25)15-26-31(38-41(10,11)12)30(37-40(7,8)9)22(18-34-26)16-27-29(35-27)20(2)21(3)36-39(4,5)6/h13-14,20-22,26-27,29-31H,15-18H2,1-12H3/b24-19+/t20-,21+,22+,26+,27+,29+,30-,31-/m1/s1. The lowest BCUT2D eigenvalue weighted by Crippen LogP contribution is -2.58. The van der Waals surface area contributed by atoms with E-state index in [-0.39, 0.29) is 48.3 Å². The summed E-state index contributed by atoms with van der Waals surface area (Å²) in [6.45, 7) is 27.2. The first-order chi connectivity index (χ1) is 18.8. The second-order valence-corrected chi connectivity index (χ2v) is 28.8. The lowest BCUT2D eigenvalue weighted by Gasteiger charge is -2.47. The lowest BCUT2D eigenvalue weighted by molar-refractivity contribution is -0.152. The van der Waals surface area contributed by atoms with E-state index in [4.69, 9.17) is 27.2 Å². The number of allylic oxidation sites excluding steroid dienone is 1. The third kappa shape index (κ3) is 8.62. The highest BCUT2D eigenvalue weighted by Crippen LogP contribution is 2.42. The third-order valence-corrected chi connectivity index (χ3v) is 11.3. The van der Waals surface area contributed by atoms with Crippen molar-refractivity contribution in [2.24, 2.45) is 11.8 Å². The van der Waals surface area contributed by atoms with Crippen molar-refractivity contribution in [2.75, 3.05) is 6.61 Å². The van der Waals surface area contributed by atoms with E-state index in [1.165, 1.54) is 0 Å². The van der Waals surface area contributed by atoms with Gasteiger partial charge >= 0.3 is 0 Å². The van der Waals surface area contributed by atoms with Crippen molar-refractivity contribution in [3.8, 4) is 0 Å². The fourth-order valence-corrected chi connectivity index (χ4v) is 9.88. The molecular formula is C31H54O7Si3. The monoisotopic (exact) mass is 622 g/mol. The van der Waals surface area contributed by atoms with Gasteiger partial charge in [-0.1, -0.05) is 12.5 Å². The van der Waals surface area contributed by atoms with Gasteiger partial charge in [-0.05, 0) is 91.7 Å². The zero-order valence-corrected chi connectivity index (χ0v) is 30.5. The molecule has 1 aliphatic carbocycles. The topological polar surface area (TPSA) is 79.7 Å². The molecule has 0 bridgehead atoms. The summed E-state index contributed by atoms with van der Waals surface area (Å²) in [4.78, 5) is 13.1. The molecule has 232 valence electrons. The SMILES string of the molecule is C/C(C[C@@H]1OC[C@H](C[C@@H]2O[C@H]2[C@H](C)[C@H](C)O[Si](C)(C)C)[C@@H](O[Si](C)(C)C)[C@@H]1O[Si](C)(C)C)=C1/Cc2occc2C1=O. The van der Waals surface area contributed by atoms with Crippen LogP contribution in [0.1, 0.15) is 49.7 Å². The Hall–Kier alpha value is -0.859. The number of furan rings is 1. The summed E-state index contributed by atoms with van der Waals surface area (Å²) in [7, 11) is -5.48. The molecule has 0 aromatic carbocycles. The first-order valence-corrected chi connectivity index (χ1v) is 25.7. The summed E-state index contributed by atoms with van der Waals surface area (Å²) in [6, 6.07) is 1.78. The quantitative estimate of drug-likeness (QED) is 0.138. The molecule has 0 spiro atoms. The van der Waals surface area contributed by atoms with Gasteiger partial charge in [-0.25, -0.2) is 0 Å². The molecule has 0 amide bonds. The van der Waals surface area contributed by atoms with Gasteiger partial charge in [-0.15, -0.1) is 0 Å². The molecule has 0 N–H and O–H groups in total. The molecule has 0 saturated carbocycles. The minimum Gasteiger partial charge on any atom is -0.468 e. The molecule has 7 nitrogen and oxygen atoms in total. The van der Waals surface area contributed by atoms with Gasteiger partial charge in [0.05, 0.1) is 49.0 Å². The molecule has 41 heavy (non-hydrogen) atoms. The smallest absolute Gasteiger partial charge is 0.192 e. The number of Topliss-reactive ketones (excluding diaryl/α,β-unsaturated/α-hetero) is 1. The van der Waals surface area contributed by atoms with Gasteiger partial charge in [0.15, 0.2) is 30.7 Å². The van der Waals surface area contributed by atoms with E-state index in [1.54, 1.807) is 12.3 Å². The number of carbonyl (C=O) groups is 1. The Kier molecular flexibility index (Phi) is 9.88. The van der Waals surface area contributed by atoms with Crippen LogP contribution < -0.4 is 0 Å². The Labute approximate surface area is 251 Å². The zero-order chi connectivity index (χ0) is 30.5. The fourth-order valence-electron chi connectivity index (χ4n) is 6.31. The summed E-state index contributed by atoms with van der Waals surface area (Å²) in [6.07, 6.45) is 3.80. The average Bonchev–Trinajstić information content (AvgIpc) is 3.27. The summed E-state index contributed by atoms with van der Waals surface area (Å²) in [5.41, 5.74) is 2.57. The van der Waals surface area contributed by atoms with Crippen LogP contribution in [0.5, 0.6) is 0 Å². The molecular weight excluding hydrogens is 569 g/mol. The first kappa shape index (κ1) is 33.0. The van der Waals surface area contributed by atoms with Crippen LogP contribution in [0.15, 0.2) is 27.9 Å². The van der Waals surface area contributed by atoms with Gasteiger partial charge in [0.25, 0.3) is 0 Å². The van der Waals surface area contributed by atoms with Gasteiger partial charge < -0.3 is 27.2 Å². The van der Waals surface area contributed by atoms with Crippen LogP contribution in [0.3, 0.4) is 0 Å². The number of fused-ring (bicyclic) bond motifs is 1. The van der Waals surface area contributed by atoms with Crippen molar-refractivity contribution < 1.29 is 32.0 Å². The number of hydrogen-bond acceptors (Lipinski definition) is 7. The van der Waals surface area contributed by atoms with E-state index >= 15 is 0 Å². The van der Waals surface area contributed by atoms with Crippen molar-refractivity contribution in [1.29, 1.82) is 0 Å². The second kappa shape index (κ2) is 12.3. The van der Waals surface area contributed by atoms with E-state index < -0.39 is 25.0 Å². The first-order valence-electron chi connectivity index (χ1n) is 15.4. The predicted molar refractivity (Wildman–Crippen MR) is 170 cm³/mol. The van der Waals surface area contributed by atoms with Gasteiger partial charge in [-0.2, -0.15) is 0 Å². The van der Waals surface area contributed by atoms with E-state index in [1.807, 2.05) is 0 Å². The van der Waals surface area contributed by atoms with E-state index in [0.717, 1.165) is 23.3 Å². The maximum absolute atomic E-state index is 13.1. The minimum absolute atomic E-state index is 0.0746. The molecule has 2 saturated heterocycles. The minimum atomic E-state index is -1.95. The molecule has 1 aromatic rings. The van der Waals surface area contributed by atoms with Gasteiger partial charge in [-0.3, -0.25) is 4.79 Å². The fraction of sp³-hybridized carbons (Fsp3) is 0.774. The molecule has 10 heteroatoms. The van der Waals surface area contributed by atoms with Gasteiger partial charge in [0.2, 0.25) is 0 Å². The van der Waals surface area contributed by atoms with Gasteiger partial charge in [0.1, 0.15) is 5.76 Å². The summed E-state index contributed by atoms with van der Waals surface area (Å²) < 4.78 is 38.7. The van der Waals surface area contributed by atoms with E-state index in [0.29, 0.717) is 30.9 Å². The van der Waals surface area contributed by atoms with Crippen LogP contribution >= 0.6 is 0 Å². The Bertz CT molecular complexity index is 1110. The molecule has 3 heterocycles. The van der Waals surface area contributed by atoms with Crippen molar-refractivity contribution in [1.82, 2.24) is 0 Å². The molecule has 4 rings (SSSR count). The van der Waals surface area contributed by atoms with Crippen molar-refractivity contribution in [3.05, 3.63) is 34.8 Å². The average molecular weight is 623 g/mol. The summed E-state index contributed by atoms with van der Waals surface area (Å²) >= 11 is 0. The van der Waals surface area contributed by atoms with Crippen molar-refractivity contribution >= 4 is 30.7 Å². The van der Waals surface area contributed by atoms with E-state index in [9.17, 15) is 4.79 Å². The summed E-state index contributed by atoms with van der Waals surface area (Å²) in [5, 5.41) is 0. The highest BCUT2D eigenvalue weighted by Gasteiger charge is 2.51.